The van der Waals surface area contributed by atoms with Crippen molar-refractivity contribution in [3.8, 4) is 5.75 Å². The molecule has 0 radical (unpaired) electrons. The highest BCUT2D eigenvalue weighted by atomic mass is 19.1. The third kappa shape index (κ3) is 3.06. The lowest BCUT2D eigenvalue weighted by Gasteiger charge is -2.22. The van der Waals surface area contributed by atoms with Crippen LogP contribution in [0, 0.1) is 5.82 Å². The minimum Gasteiger partial charge on any atom is -0.494 e. The second-order valence-corrected chi connectivity index (χ2v) is 4.28. The average molecular weight is 254 g/mol. The van der Waals surface area contributed by atoms with Crippen molar-refractivity contribution in [2.75, 3.05) is 7.11 Å². The number of carbonyl (C=O) groups is 2. The highest BCUT2D eigenvalue weighted by Gasteiger charge is 2.32. The van der Waals surface area contributed by atoms with Crippen molar-refractivity contribution in [2.24, 2.45) is 0 Å². The monoisotopic (exact) mass is 254 g/mol. The SMILES string of the molecule is COc1ccc(C(=O)C(C)(C)OC(C)=O)cc1F. The second kappa shape index (κ2) is 5.16. The Labute approximate surface area is 105 Å². The van der Waals surface area contributed by atoms with Gasteiger partial charge in [0.15, 0.2) is 17.2 Å². The molecule has 0 amide bonds. The first-order chi connectivity index (χ1) is 8.27. The molecule has 98 valence electrons. The van der Waals surface area contributed by atoms with E-state index in [0.717, 1.165) is 6.07 Å². The van der Waals surface area contributed by atoms with E-state index in [9.17, 15) is 14.0 Å². The van der Waals surface area contributed by atoms with Crippen molar-refractivity contribution in [3.05, 3.63) is 29.6 Å². The van der Waals surface area contributed by atoms with Crippen LogP contribution in [0.15, 0.2) is 18.2 Å². The first-order valence-corrected chi connectivity index (χ1v) is 5.36. The Morgan fingerprint density at radius 1 is 1.28 bits per heavy atom. The van der Waals surface area contributed by atoms with Crippen LogP contribution in [0.1, 0.15) is 31.1 Å². The molecular weight excluding hydrogens is 239 g/mol. The van der Waals surface area contributed by atoms with Gasteiger partial charge in [-0.2, -0.15) is 0 Å². The largest absolute Gasteiger partial charge is 0.494 e. The molecular formula is C13H15FO4. The molecule has 0 saturated heterocycles. The van der Waals surface area contributed by atoms with Gasteiger partial charge in [0.25, 0.3) is 0 Å². The van der Waals surface area contributed by atoms with Crippen LogP contribution in [-0.2, 0) is 9.53 Å². The smallest absolute Gasteiger partial charge is 0.303 e. The summed E-state index contributed by atoms with van der Waals surface area (Å²) in [7, 11) is 1.34. The molecule has 0 aromatic heterocycles. The second-order valence-electron chi connectivity index (χ2n) is 4.28. The molecule has 0 aliphatic heterocycles. The summed E-state index contributed by atoms with van der Waals surface area (Å²) in [5.74, 6) is -1.62. The normalized spacial score (nSPS) is 10.9. The number of rotatable bonds is 4. The molecule has 4 nitrogen and oxygen atoms in total. The van der Waals surface area contributed by atoms with Crippen LogP contribution in [0.4, 0.5) is 4.39 Å². The van der Waals surface area contributed by atoms with Gasteiger partial charge in [0.05, 0.1) is 7.11 Å². The van der Waals surface area contributed by atoms with E-state index in [1.807, 2.05) is 0 Å². The molecule has 1 aromatic carbocycles. The molecule has 1 rings (SSSR count). The number of esters is 1. The highest BCUT2D eigenvalue weighted by Crippen LogP contribution is 2.22. The number of methoxy groups -OCH3 is 1. The number of Topliss-reactive ketones (excluding diaryl/α,β-unsaturated/α-hetero) is 1. The number of hydrogen-bond donors (Lipinski definition) is 0. The minimum atomic E-state index is -1.33. The molecule has 0 aliphatic rings. The molecule has 1 aromatic rings. The highest BCUT2D eigenvalue weighted by molar-refractivity contribution is 6.03. The van der Waals surface area contributed by atoms with E-state index in [0.29, 0.717) is 0 Å². The van der Waals surface area contributed by atoms with Gasteiger partial charge in [-0.1, -0.05) is 0 Å². The average Bonchev–Trinajstić information content (AvgIpc) is 2.26. The topological polar surface area (TPSA) is 52.6 Å². The Morgan fingerprint density at radius 2 is 1.89 bits per heavy atom. The zero-order chi connectivity index (χ0) is 13.9. The Bertz CT molecular complexity index is 480. The standard InChI is InChI=1S/C13H15FO4/c1-8(15)18-13(2,3)12(16)9-5-6-11(17-4)10(14)7-9/h5-7H,1-4H3. The predicted octanol–water partition coefficient (Wildman–Crippen LogP) is 2.36. The summed E-state index contributed by atoms with van der Waals surface area (Å²) in [5, 5.41) is 0. The fourth-order valence-electron chi connectivity index (χ4n) is 1.56. The van der Waals surface area contributed by atoms with Crippen molar-refractivity contribution in [1.82, 2.24) is 0 Å². The fraction of sp³-hybridized carbons (Fsp3) is 0.385. The van der Waals surface area contributed by atoms with Crippen LogP contribution in [0.2, 0.25) is 0 Å². The van der Waals surface area contributed by atoms with E-state index in [1.165, 1.54) is 40.0 Å². The maximum Gasteiger partial charge on any atom is 0.303 e. The summed E-state index contributed by atoms with van der Waals surface area (Å²) >= 11 is 0. The zero-order valence-electron chi connectivity index (χ0n) is 10.7. The van der Waals surface area contributed by atoms with E-state index in [4.69, 9.17) is 9.47 Å². The first-order valence-electron chi connectivity index (χ1n) is 5.36. The van der Waals surface area contributed by atoms with E-state index >= 15 is 0 Å². The van der Waals surface area contributed by atoms with Crippen LogP contribution >= 0.6 is 0 Å². The number of hydrogen-bond acceptors (Lipinski definition) is 4. The molecule has 5 heteroatoms. The van der Waals surface area contributed by atoms with Gasteiger partial charge in [-0.3, -0.25) is 9.59 Å². The van der Waals surface area contributed by atoms with Gasteiger partial charge in [0.2, 0.25) is 5.78 Å². The summed E-state index contributed by atoms with van der Waals surface area (Å²) in [6, 6.07) is 3.84. The maximum absolute atomic E-state index is 13.5. The molecule has 0 heterocycles. The van der Waals surface area contributed by atoms with Crippen LogP contribution in [-0.4, -0.2) is 24.5 Å². The summed E-state index contributed by atoms with van der Waals surface area (Å²) in [6.07, 6.45) is 0. The number of ketones is 1. The third-order valence-corrected chi connectivity index (χ3v) is 2.36. The van der Waals surface area contributed by atoms with E-state index in [-0.39, 0.29) is 11.3 Å². The van der Waals surface area contributed by atoms with Crippen molar-refractivity contribution in [1.29, 1.82) is 0 Å². The Balaban J connectivity index is 3.04. The van der Waals surface area contributed by atoms with Crippen LogP contribution < -0.4 is 4.74 Å². The lowest BCUT2D eigenvalue weighted by Crippen LogP contribution is -2.36. The quantitative estimate of drug-likeness (QED) is 0.611. The number of ether oxygens (including phenoxy) is 2. The molecule has 0 atom stereocenters. The summed E-state index contributed by atoms with van der Waals surface area (Å²) in [4.78, 5) is 23.0. The van der Waals surface area contributed by atoms with Crippen LogP contribution in [0.3, 0.4) is 0 Å². The van der Waals surface area contributed by atoms with E-state index in [2.05, 4.69) is 0 Å². The predicted molar refractivity (Wildman–Crippen MR) is 63.1 cm³/mol. The molecule has 0 spiro atoms. The van der Waals surface area contributed by atoms with Crippen LogP contribution in [0.25, 0.3) is 0 Å². The minimum absolute atomic E-state index is 0.0526. The first kappa shape index (κ1) is 14.2. The van der Waals surface area contributed by atoms with Gasteiger partial charge in [-0.05, 0) is 32.0 Å². The van der Waals surface area contributed by atoms with Crippen molar-refractivity contribution in [3.63, 3.8) is 0 Å². The number of benzene rings is 1. The molecule has 18 heavy (non-hydrogen) atoms. The van der Waals surface area contributed by atoms with Crippen molar-refractivity contribution >= 4 is 11.8 Å². The van der Waals surface area contributed by atoms with Crippen molar-refractivity contribution < 1.29 is 23.5 Å². The summed E-state index contributed by atoms with van der Waals surface area (Å²) in [6.45, 7) is 4.13. The van der Waals surface area contributed by atoms with E-state index < -0.39 is 23.2 Å². The molecule has 0 bridgehead atoms. The van der Waals surface area contributed by atoms with Crippen LogP contribution in [0.5, 0.6) is 5.75 Å². The van der Waals surface area contributed by atoms with E-state index in [1.54, 1.807) is 0 Å². The van der Waals surface area contributed by atoms with Gasteiger partial charge >= 0.3 is 5.97 Å². The van der Waals surface area contributed by atoms with Gasteiger partial charge in [-0.15, -0.1) is 0 Å². The Kier molecular flexibility index (Phi) is 4.06. The van der Waals surface area contributed by atoms with Gasteiger partial charge in [0, 0.05) is 12.5 Å². The lowest BCUT2D eigenvalue weighted by molar-refractivity contribution is -0.149. The zero-order valence-corrected chi connectivity index (χ0v) is 10.7. The number of halogens is 1. The molecule has 0 aliphatic carbocycles. The molecule has 0 fully saturated rings. The lowest BCUT2D eigenvalue weighted by atomic mass is 9.96. The van der Waals surface area contributed by atoms with Gasteiger partial charge in [-0.25, -0.2) is 4.39 Å². The third-order valence-electron chi connectivity index (χ3n) is 2.36. The van der Waals surface area contributed by atoms with Gasteiger partial charge < -0.3 is 9.47 Å². The Morgan fingerprint density at radius 3 is 2.33 bits per heavy atom. The molecule has 0 N–H and O–H groups in total. The maximum atomic E-state index is 13.5. The molecule has 0 saturated carbocycles. The number of carbonyl (C=O) groups excluding carboxylic acids is 2. The van der Waals surface area contributed by atoms with Gasteiger partial charge in [0.1, 0.15) is 0 Å². The summed E-state index contributed by atoms with van der Waals surface area (Å²) in [5.41, 5.74) is -1.20. The van der Waals surface area contributed by atoms with Crippen molar-refractivity contribution in [2.45, 2.75) is 26.4 Å². The summed E-state index contributed by atoms with van der Waals surface area (Å²) < 4.78 is 23.1. The Hall–Kier alpha value is -1.91. The molecule has 0 unspecified atom stereocenters. The fourth-order valence-corrected chi connectivity index (χ4v) is 1.56.